The molecule has 1 N–H and O–H groups in total. The minimum absolute atomic E-state index is 0. The molecule has 1 atom stereocenters. The average molecular weight is 332 g/mol. The van der Waals surface area contributed by atoms with Crippen LogP contribution in [0, 0.1) is 11.3 Å². The van der Waals surface area contributed by atoms with Gasteiger partial charge in [-0.3, -0.25) is 4.90 Å². The molecule has 4 nitrogen and oxygen atoms in total. The van der Waals surface area contributed by atoms with E-state index < -0.39 is 0 Å². The number of hydrogen-bond acceptors (Lipinski definition) is 4. The number of nitrogens with one attached hydrogen (secondary N) is 1. The molecule has 0 radical (unpaired) electrons. The van der Waals surface area contributed by atoms with Gasteiger partial charge in [0.15, 0.2) is 0 Å². The lowest BCUT2D eigenvalue weighted by atomic mass is 10.0. The van der Waals surface area contributed by atoms with Crippen LogP contribution in [0.3, 0.4) is 0 Å². The number of ether oxygens (including phenoxy) is 1. The number of para-hydroxylation sites is 1. The fraction of sp³-hybridized carbons (Fsp3) is 0.533. The first-order chi connectivity index (χ1) is 9.36. The van der Waals surface area contributed by atoms with E-state index in [0.29, 0.717) is 13.0 Å². The second kappa shape index (κ2) is 10.7. The highest BCUT2D eigenvalue weighted by Crippen LogP contribution is 2.31. The van der Waals surface area contributed by atoms with E-state index in [-0.39, 0.29) is 30.9 Å². The molecule has 1 aromatic carbocycles. The number of halogens is 2. The van der Waals surface area contributed by atoms with Gasteiger partial charge in [0.05, 0.1) is 25.1 Å². The summed E-state index contributed by atoms with van der Waals surface area (Å²) in [4.78, 5) is 2.37. The van der Waals surface area contributed by atoms with Crippen LogP contribution in [0.1, 0.15) is 24.9 Å². The highest BCUT2D eigenvalue weighted by atomic mass is 35.5. The molecule has 1 heterocycles. The molecular formula is C15H23Cl2N3O. The fourth-order valence-corrected chi connectivity index (χ4v) is 2.56. The minimum Gasteiger partial charge on any atom is -0.494 e. The summed E-state index contributed by atoms with van der Waals surface area (Å²) in [5.74, 6) is 0.906. The Labute approximate surface area is 139 Å². The van der Waals surface area contributed by atoms with E-state index in [1.54, 1.807) is 0 Å². The van der Waals surface area contributed by atoms with Gasteiger partial charge in [-0.15, -0.1) is 24.8 Å². The Hall–Kier alpha value is -0.990. The van der Waals surface area contributed by atoms with Gasteiger partial charge in [-0.25, -0.2) is 0 Å². The van der Waals surface area contributed by atoms with Crippen molar-refractivity contribution in [3.63, 3.8) is 0 Å². The van der Waals surface area contributed by atoms with E-state index in [1.807, 2.05) is 25.1 Å². The maximum absolute atomic E-state index is 9.12. The van der Waals surface area contributed by atoms with Gasteiger partial charge < -0.3 is 10.1 Å². The van der Waals surface area contributed by atoms with Crippen LogP contribution in [-0.4, -0.2) is 37.7 Å². The molecule has 0 spiro atoms. The van der Waals surface area contributed by atoms with Crippen molar-refractivity contribution in [2.45, 2.75) is 19.4 Å². The Morgan fingerprint density at radius 1 is 1.29 bits per heavy atom. The van der Waals surface area contributed by atoms with Crippen LogP contribution in [-0.2, 0) is 0 Å². The summed E-state index contributed by atoms with van der Waals surface area (Å²) < 4.78 is 5.70. The van der Waals surface area contributed by atoms with Crippen LogP contribution >= 0.6 is 24.8 Å². The van der Waals surface area contributed by atoms with Crippen molar-refractivity contribution in [2.75, 3.05) is 32.8 Å². The summed E-state index contributed by atoms with van der Waals surface area (Å²) in [6, 6.07) is 10.5. The monoisotopic (exact) mass is 331 g/mol. The molecule has 0 amide bonds. The number of hydrogen-bond donors (Lipinski definition) is 1. The molecule has 0 saturated carbocycles. The van der Waals surface area contributed by atoms with Crippen molar-refractivity contribution in [1.29, 1.82) is 5.26 Å². The molecule has 1 saturated heterocycles. The van der Waals surface area contributed by atoms with Crippen LogP contribution in [0.25, 0.3) is 0 Å². The van der Waals surface area contributed by atoms with E-state index >= 15 is 0 Å². The zero-order chi connectivity index (χ0) is 13.5. The van der Waals surface area contributed by atoms with Crippen LogP contribution in [0.5, 0.6) is 5.75 Å². The first kappa shape index (κ1) is 20.0. The van der Waals surface area contributed by atoms with Crippen LogP contribution < -0.4 is 10.1 Å². The highest BCUT2D eigenvalue weighted by Gasteiger charge is 2.24. The SMILES string of the molecule is CCOc1ccccc1[C@H](CC#N)N1CCNCC1.Cl.Cl. The van der Waals surface area contributed by atoms with Gasteiger partial charge in [0.1, 0.15) is 5.75 Å². The van der Waals surface area contributed by atoms with Crippen molar-refractivity contribution in [1.82, 2.24) is 10.2 Å². The van der Waals surface area contributed by atoms with E-state index in [2.05, 4.69) is 22.4 Å². The highest BCUT2D eigenvalue weighted by molar-refractivity contribution is 5.85. The Kier molecular flexibility index (Phi) is 10.2. The van der Waals surface area contributed by atoms with Crippen LogP contribution in [0.2, 0.25) is 0 Å². The van der Waals surface area contributed by atoms with Crippen LogP contribution in [0.15, 0.2) is 24.3 Å². The molecule has 6 heteroatoms. The number of benzene rings is 1. The second-order valence-electron chi connectivity index (χ2n) is 4.63. The van der Waals surface area contributed by atoms with E-state index in [4.69, 9.17) is 10.00 Å². The van der Waals surface area contributed by atoms with Gasteiger partial charge in [0, 0.05) is 31.7 Å². The van der Waals surface area contributed by atoms with Crippen molar-refractivity contribution >= 4 is 24.8 Å². The normalized spacial score (nSPS) is 16.0. The first-order valence-corrected chi connectivity index (χ1v) is 6.90. The number of rotatable bonds is 5. The molecule has 2 rings (SSSR count). The summed E-state index contributed by atoms with van der Waals surface area (Å²) in [5.41, 5.74) is 1.13. The number of nitrogens with zero attached hydrogens (tertiary/aromatic N) is 2. The zero-order valence-electron chi connectivity index (χ0n) is 12.2. The Balaban J connectivity index is 0.00000200. The minimum atomic E-state index is 0. The average Bonchev–Trinajstić information content (AvgIpc) is 2.47. The Morgan fingerprint density at radius 2 is 1.95 bits per heavy atom. The lowest BCUT2D eigenvalue weighted by Crippen LogP contribution is -2.45. The quantitative estimate of drug-likeness (QED) is 0.901. The van der Waals surface area contributed by atoms with Gasteiger partial charge in [0.25, 0.3) is 0 Å². The zero-order valence-corrected chi connectivity index (χ0v) is 13.9. The third-order valence-electron chi connectivity index (χ3n) is 3.45. The van der Waals surface area contributed by atoms with Gasteiger partial charge >= 0.3 is 0 Å². The van der Waals surface area contributed by atoms with Gasteiger partial charge in [-0.2, -0.15) is 5.26 Å². The summed E-state index contributed by atoms with van der Waals surface area (Å²) in [5, 5.41) is 12.5. The third-order valence-corrected chi connectivity index (χ3v) is 3.45. The maximum Gasteiger partial charge on any atom is 0.124 e. The molecule has 0 bridgehead atoms. The second-order valence-corrected chi connectivity index (χ2v) is 4.63. The molecule has 21 heavy (non-hydrogen) atoms. The Morgan fingerprint density at radius 3 is 2.57 bits per heavy atom. The number of nitriles is 1. The molecule has 0 unspecified atom stereocenters. The molecule has 0 aliphatic carbocycles. The number of piperazine rings is 1. The molecule has 1 aliphatic heterocycles. The summed E-state index contributed by atoms with van der Waals surface area (Å²) in [7, 11) is 0. The summed E-state index contributed by atoms with van der Waals surface area (Å²) in [6.07, 6.45) is 0.504. The van der Waals surface area contributed by atoms with Crippen molar-refractivity contribution in [3.8, 4) is 11.8 Å². The molecular weight excluding hydrogens is 309 g/mol. The lowest BCUT2D eigenvalue weighted by molar-refractivity contribution is 0.171. The Bertz CT molecular complexity index is 445. The summed E-state index contributed by atoms with van der Waals surface area (Å²) >= 11 is 0. The third kappa shape index (κ3) is 5.37. The largest absolute Gasteiger partial charge is 0.494 e. The predicted molar refractivity (Wildman–Crippen MR) is 89.5 cm³/mol. The van der Waals surface area contributed by atoms with Crippen LogP contribution in [0.4, 0.5) is 0 Å². The predicted octanol–water partition coefficient (Wildman–Crippen LogP) is 2.79. The molecule has 1 fully saturated rings. The van der Waals surface area contributed by atoms with Crippen molar-refractivity contribution in [3.05, 3.63) is 29.8 Å². The van der Waals surface area contributed by atoms with E-state index in [1.165, 1.54) is 0 Å². The standard InChI is InChI=1S/C15H21N3O.2ClH/c1-2-19-15-6-4-3-5-13(15)14(7-8-16)18-11-9-17-10-12-18;;/h3-6,14,17H,2,7,9-12H2,1H3;2*1H/t14-;;/m0../s1. The van der Waals surface area contributed by atoms with Gasteiger partial charge in [-0.05, 0) is 13.0 Å². The van der Waals surface area contributed by atoms with Crippen molar-refractivity contribution < 1.29 is 4.74 Å². The lowest BCUT2D eigenvalue weighted by Gasteiger charge is -2.34. The molecule has 1 aromatic rings. The van der Waals surface area contributed by atoms with Gasteiger partial charge in [-0.1, -0.05) is 18.2 Å². The molecule has 0 aromatic heterocycles. The summed E-state index contributed by atoms with van der Waals surface area (Å²) in [6.45, 7) is 6.57. The topological polar surface area (TPSA) is 48.3 Å². The van der Waals surface area contributed by atoms with Gasteiger partial charge in [0.2, 0.25) is 0 Å². The smallest absolute Gasteiger partial charge is 0.124 e. The molecule has 118 valence electrons. The fourth-order valence-electron chi connectivity index (χ4n) is 2.56. The molecule has 1 aliphatic rings. The van der Waals surface area contributed by atoms with E-state index in [9.17, 15) is 0 Å². The van der Waals surface area contributed by atoms with Crippen molar-refractivity contribution in [2.24, 2.45) is 0 Å². The first-order valence-electron chi connectivity index (χ1n) is 6.90. The van der Waals surface area contributed by atoms with E-state index in [0.717, 1.165) is 37.5 Å². The maximum atomic E-state index is 9.12.